The van der Waals surface area contributed by atoms with E-state index >= 15 is 0 Å². The van der Waals surface area contributed by atoms with Crippen LogP contribution in [0.1, 0.15) is 11.1 Å². The average Bonchev–Trinajstić information content (AvgIpc) is 2.80. The minimum Gasteiger partial charge on any atom is -0.379 e. The van der Waals surface area contributed by atoms with Gasteiger partial charge in [0.1, 0.15) is 16.2 Å². The molecule has 178 valence electrons. The molecule has 1 N–H and O–H groups in total. The highest BCUT2D eigenvalue weighted by Crippen LogP contribution is 2.27. The fraction of sp³-hybridized carbons (Fsp3) is 0.0417. The largest absolute Gasteiger partial charge is 0.379 e. The number of hydrogen-bond donors (Lipinski definition) is 1. The summed E-state index contributed by atoms with van der Waals surface area (Å²) in [5.74, 6) is -1.67. The number of benzene rings is 3. The van der Waals surface area contributed by atoms with Crippen molar-refractivity contribution >= 4 is 62.9 Å². The number of nitrogens with one attached hydrogen (secondary N) is 1. The Balaban J connectivity index is 1.58. The molecule has 0 spiro atoms. The third kappa shape index (κ3) is 5.22. The zero-order chi connectivity index (χ0) is 25.3. The standard InChI is InChI=1S/C24H16Cl2N2O6S/c1-14-2-7-17(13-21(14)26)28-23(30)20(22(29)27-24(28)31)12-15-3-8-18(9-4-15)34-35(32,33)19-10-5-16(25)6-11-19/h2-13H,1H3,(H,27,29,31)/b20-12+. The topological polar surface area (TPSA) is 110 Å². The molecule has 3 aromatic carbocycles. The molecule has 8 nitrogen and oxygen atoms in total. The van der Waals surface area contributed by atoms with Gasteiger partial charge in [0.15, 0.2) is 0 Å². The van der Waals surface area contributed by atoms with E-state index in [1.807, 2.05) is 0 Å². The van der Waals surface area contributed by atoms with Gasteiger partial charge in [-0.15, -0.1) is 0 Å². The molecule has 4 amide bonds. The third-order valence-electron chi connectivity index (χ3n) is 5.01. The monoisotopic (exact) mass is 530 g/mol. The van der Waals surface area contributed by atoms with Crippen LogP contribution in [-0.2, 0) is 19.7 Å². The molecule has 4 rings (SSSR count). The van der Waals surface area contributed by atoms with Crippen LogP contribution in [0.4, 0.5) is 10.5 Å². The number of barbiturate groups is 1. The van der Waals surface area contributed by atoms with Crippen molar-refractivity contribution in [3.05, 3.63) is 93.5 Å². The molecule has 0 radical (unpaired) electrons. The number of nitrogens with zero attached hydrogens (tertiary/aromatic N) is 1. The Hall–Kier alpha value is -3.66. The molecule has 0 atom stereocenters. The summed E-state index contributed by atoms with van der Waals surface area (Å²) in [4.78, 5) is 38.5. The van der Waals surface area contributed by atoms with Crippen molar-refractivity contribution in [2.75, 3.05) is 4.90 Å². The maximum absolute atomic E-state index is 13.0. The summed E-state index contributed by atoms with van der Waals surface area (Å²) >= 11 is 11.9. The van der Waals surface area contributed by atoms with Crippen molar-refractivity contribution in [1.29, 1.82) is 0 Å². The molecule has 1 heterocycles. The summed E-state index contributed by atoms with van der Waals surface area (Å²) in [5.41, 5.74) is 1.07. The summed E-state index contributed by atoms with van der Waals surface area (Å²) in [7, 11) is -4.09. The summed E-state index contributed by atoms with van der Waals surface area (Å²) in [6.45, 7) is 1.77. The molecule has 11 heteroatoms. The normalized spacial score (nSPS) is 15.3. The van der Waals surface area contributed by atoms with Gasteiger partial charge in [-0.2, -0.15) is 8.42 Å². The van der Waals surface area contributed by atoms with Crippen LogP contribution in [0.2, 0.25) is 10.0 Å². The molecular weight excluding hydrogens is 515 g/mol. The van der Waals surface area contributed by atoms with Gasteiger partial charge in [0.2, 0.25) is 0 Å². The Bertz CT molecular complexity index is 1480. The van der Waals surface area contributed by atoms with E-state index in [9.17, 15) is 22.8 Å². The lowest BCUT2D eigenvalue weighted by molar-refractivity contribution is -0.122. The Morgan fingerprint density at radius 2 is 1.57 bits per heavy atom. The van der Waals surface area contributed by atoms with Gasteiger partial charge in [-0.1, -0.05) is 41.4 Å². The molecule has 1 saturated heterocycles. The highest BCUT2D eigenvalue weighted by atomic mass is 35.5. The predicted molar refractivity (Wildman–Crippen MR) is 131 cm³/mol. The van der Waals surface area contributed by atoms with Crippen LogP contribution in [0.5, 0.6) is 5.75 Å². The van der Waals surface area contributed by atoms with E-state index in [0.717, 1.165) is 10.5 Å². The number of aryl methyl sites for hydroxylation is 1. The van der Waals surface area contributed by atoms with Gasteiger partial charge in [-0.25, -0.2) is 9.69 Å². The van der Waals surface area contributed by atoms with Crippen molar-refractivity contribution in [3.8, 4) is 5.75 Å². The molecular formula is C24H16Cl2N2O6S. The van der Waals surface area contributed by atoms with Crippen molar-refractivity contribution in [1.82, 2.24) is 5.32 Å². The van der Waals surface area contributed by atoms with Crippen molar-refractivity contribution < 1.29 is 27.0 Å². The molecule has 0 unspecified atom stereocenters. The number of amides is 4. The van der Waals surface area contributed by atoms with Gasteiger partial charge in [0.25, 0.3) is 11.8 Å². The van der Waals surface area contributed by atoms with E-state index in [0.29, 0.717) is 15.6 Å². The van der Waals surface area contributed by atoms with E-state index < -0.39 is 28.0 Å². The van der Waals surface area contributed by atoms with Gasteiger partial charge in [-0.3, -0.25) is 14.9 Å². The summed E-state index contributed by atoms with van der Waals surface area (Å²) < 4.78 is 30.0. The number of urea groups is 1. The fourth-order valence-electron chi connectivity index (χ4n) is 3.18. The highest BCUT2D eigenvalue weighted by Gasteiger charge is 2.37. The van der Waals surface area contributed by atoms with Crippen LogP contribution in [0.15, 0.2) is 77.2 Å². The third-order valence-corrected chi connectivity index (χ3v) is 6.94. The number of carbonyl (C=O) groups excluding carboxylic acids is 3. The van der Waals surface area contributed by atoms with Crippen LogP contribution < -0.4 is 14.4 Å². The first-order valence-electron chi connectivity index (χ1n) is 10.0. The summed E-state index contributed by atoms with van der Waals surface area (Å²) in [5, 5.41) is 2.87. The van der Waals surface area contributed by atoms with Gasteiger partial charge in [-0.05, 0) is 72.7 Å². The molecule has 0 saturated carbocycles. The number of rotatable bonds is 5. The lowest BCUT2D eigenvalue weighted by Crippen LogP contribution is -2.54. The minimum atomic E-state index is -4.09. The number of anilines is 1. The zero-order valence-corrected chi connectivity index (χ0v) is 20.3. The van der Waals surface area contributed by atoms with Gasteiger partial charge in [0, 0.05) is 10.0 Å². The Kier molecular flexibility index (Phi) is 6.66. The summed E-state index contributed by atoms with van der Waals surface area (Å²) in [6, 6.07) is 14.9. The SMILES string of the molecule is Cc1ccc(N2C(=O)NC(=O)/C(=C\c3ccc(OS(=O)(=O)c4ccc(Cl)cc4)cc3)C2=O)cc1Cl. The van der Waals surface area contributed by atoms with Crippen molar-refractivity contribution in [3.63, 3.8) is 0 Å². The van der Waals surface area contributed by atoms with E-state index in [4.69, 9.17) is 27.4 Å². The average molecular weight is 531 g/mol. The molecule has 0 bridgehead atoms. The molecule has 0 aliphatic carbocycles. The van der Waals surface area contributed by atoms with Crippen LogP contribution in [0, 0.1) is 6.92 Å². The first-order chi connectivity index (χ1) is 16.5. The second-order valence-electron chi connectivity index (χ2n) is 7.45. The molecule has 1 fully saturated rings. The number of halogens is 2. The maximum Gasteiger partial charge on any atom is 0.339 e. The van der Waals surface area contributed by atoms with Crippen LogP contribution in [0.25, 0.3) is 6.08 Å². The molecule has 0 aromatic heterocycles. The number of hydrogen-bond acceptors (Lipinski definition) is 6. The second-order valence-corrected chi connectivity index (χ2v) is 9.84. The van der Waals surface area contributed by atoms with E-state index in [2.05, 4.69) is 5.32 Å². The first kappa shape index (κ1) is 24.5. The highest BCUT2D eigenvalue weighted by molar-refractivity contribution is 7.87. The van der Waals surface area contributed by atoms with Crippen LogP contribution in [-0.4, -0.2) is 26.3 Å². The van der Waals surface area contributed by atoms with Crippen molar-refractivity contribution in [2.45, 2.75) is 11.8 Å². The predicted octanol–water partition coefficient (Wildman–Crippen LogP) is 4.74. The smallest absolute Gasteiger partial charge is 0.339 e. The van der Waals surface area contributed by atoms with E-state index in [-0.39, 0.29) is 21.9 Å². The van der Waals surface area contributed by atoms with E-state index in [1.54, 1.807) is 19.1 Å². The zero-order valence-electron chi connectivity index (χ0n) is 18.0. The lowest BCUT2D eigenvalue weighted by Gasteiger charge is -2.26. The number of imide groups is 2. The Morgan fingerprint density at radius 1 is 0.914 bits per heavy atom. The second kappa shape index (κ2) is 9.53. The first-order valence-corrected chi connectivity index (χ1v) is 12.2. The van der Waals surface area contributed by atoms with Crippen LogP contribution in [0.3, 0.4) is 0 Å². The molecule has 1 aliphatic rings. The Labute approximate surface area is 210 Å². The Morgan fingerprint density at radius 3 is 2.20 bits per heavy atom. The van der Waals surface area contributed by atoms with Gasteiger partial charge >= 0.3 is 16.1 Å². The van der Waals surface area contributed by atoms with Gasteiger partial charge in [0.05, 0.1) is 5.69 Å². The molecule has 35 heavy (non-hydrogen) atoms. The van der Waals surface area contributed by atoms with Crippen LogP contribution >= 0.6 is 23.2 Å². The summed E-state index contributed by atoms with van der Waals surface area (Å²) in [6.07, 6.45) is 1.28. The quantitative estimate of drug-likeness (QED) is 0.290. The lowest BCUT2D eigenvalue weighted by atomic mass is 10.1. The molecule has 3 aromatic rings. The van der Waals surface area contributed by atoms with Gasteiger partial charge < -0.3 is 4.18 Å². The van der Waals surface area contributed by atoms with E-state index in [1.165, 1.54) is 60.7 Å². The molecule has 1 aliphatic heterocycles. The fourth-order valence-corrected chi connectivity index (χ4v) is 4.41. The number of carbonyl (C=O) groups is 3. The maximum atomic E-state index is 13.0. The van der Waals surface area contributed by atoms with Crippen molar-refractivity contribution in [2.24, 2.45) is 0 Å². The minimum absolute atomic E-state index is 0.0209.